The fourth-order valence-electron chi connectivity index (χ4n) is 7.05. The van der Waals surface area contributed by atoms with Gasteiger partial charge in [0, 0.05) is 13.3 Å². The minimum absolute atomic E-state index is 0.0488. The molecule has 152 valence electrons. The number of fused-ring (bicyclic) bond motifs is 5. The summed E-state index contributed by atoms with van der Waals surface area (Å²) in [5, 5.41) is 0. The van der Waals surface area contributed by atoms with Gasteiger partial charge in [-0.05, 0) is 72.7 Å². The summed E-state index contributed by atoms with van der Waals surface area (Å²) in [5.41, 5.74) is 2.93. The maximum absolute atomic E-state index is 11.4. The number of hydrogen-bond donors (Lipinski definition) is 0. The first-order chi connectivity index (χ1) is 13.3. The van der Waals surface area contributed by atoms with Crippen LogP contribution in [0.5, 0.6) is 0 Å². The molecule has 4 aliphatic rings. The summed E-state index contributed by atoms with van der Waals surface area (Å²) in [7, 11) is 0. The number of carbonyl (C=O) groups excluding carboxylic acids is 2. The highest BCUT2D eigenvalue weighted by Crippen LogP contribution is 2.65. The second-order valence-electron chi connectivity index (χ2n) is 9.68. The SMILES string of the molecule is C=C(OC(C)=O)C1=CC[C@H]2[C@@H]3CC=C4C[C@@H](OC=O)CC[C@]4(C)[C@H]3CC[C@]12C. The summed E-state index contributed by atoms with van der Waals surface area (Å²) in [4.78, 5) is 22.2. The lowest BCUT2D eigenvalue weighted by Gasteiger charge is -2.57. The maximum atomic E-state index is 11.4. The summed E-state index contributed by atoms with van der Waals surface area (Å²) < 4.78 is 10.7. The summed E-state index contributed by atoms with van der Waals surface area (Å²) in [6.45, 7) is 10.9. The molecule has 0 N–H and O–H groups in total. The highest BCUT2D eigenvalue weighted by Gasteiger charge is 2.57. The van der Waals surface area contributed by atoms with Crippen LogP contribution < -0.4 is 0 Å². The molecular formula is C24H32O4. The van der Waals surface area contributed by atoms with Gasteiger partial charge in [0.15, 0.2) is 0 Å². The molecule has 0 aliphatic heterocycles. The molecule has 0 bridgehead atoms. The van der Waals surface area contributed by atoms with Gasteiger partial charge in [-0.25, -0.2) is 0 Å². The lowest BCUT2D eigenvalue weighted by molar-refractivity contribution is -0.137. The van der Waals surface area contributed by atoms with Gasteiger partial charge >= 0.3 is 5.97 Å². The Labute approximate surface area is 168 Å². The van der Waals surface area contributed by atoms with Gasteiger partial charge in [0.1, 0.15) is 11.9 Å². The zero-order valence-electron chi connectivity index (χ0n) is 17.3. The van der Waals surface area contributed by atoms with Gasteiger partial charge in [0.05, 0.1) is 0 Å². The normalized spacial score (nSPS) is 41.5. The van der Waals surface area contributed by atoms with E-state index in [2.05, 4.69) is 32.6 Å². The van der Waals surface area contributed by atoms with Gasteiger partial charge in [-0.1, -0.05) is 38.2 Å². The molecule has 0 amide bonds. The molecule has 0 aromatic rings. The maximum Gasteiger partial charge on any atom is 0.308 e. The van der Waals surface area contributed by atoms with Gasteiger partial charge in [-0.3, -0.25) is 9.59 Å². The van der Waals surface area contributed by atoms with Crippen molar-refractivity contribution < 1.29 is 19.1 Å². The van der Waals surface area contributed by atoms with Crippen LogP contribution in [-0.2, 0) is 19.1 Å². The lowest BCUT2D eigenvalue weighted by atomic mass is 9.47. The molecule has 2 saturated carbocycles. The van der Waals surface area contributed by atoms with Crippen LogP contribution in [0, 0.1) is 28.6 Å². The first kappa shape index (κ1) is 19.5. The van der Waals surface area contributed by atoms with Gasteiger partial charge in [0.2, 0.25) is 0 Å². The Hall–Kier alpha value is -1.84. The van der Waals surface area contributed by atoms with Crippen molar-refractivity contribution in [3.05, 3.63) is 35.6 Å². The third-order valence-electron chi connectivity index (χ3n) is 8.45. The number of esters is 1. The van der Waals surface area contributed by atoms with Gasteiger partial charge in [-0.2, -0.15) is 0 Å². The fourth-order valence-corrected chi connectivity index (χ4v) is 7.05. The molecule has 4 heteroatoms. The van der Waals surface area contributed by atoms with Crippen LogP contribution in [-0.4, -0.2) is 18.5 Å². The fraction of sp³-hybridized carbons (Fsp3) is 0.667. The topological polar surface area (TPSA) is 52.6 Å². The van der Waals surface area contributed by atoms with Crippen molar-refractivity contribution in [1.29, 1.82) is 0 Å². The van der Waals surface area contributed by atoms with Gasteiger partial charge in [-0.15, -0.1) is 0 Å². The lowest BCUT2D eigenvalue weighted by Crippen LogP contribution is -2.50. The van der Waals surface area contributed by atoms with Crippen molar-refractivity contribution in [3.8, 4) is 0 Å². The second kappa shape index (κ2) is 6.89. The van der Waals surface area contributed by atoms with Crippen molar-refractivity contribution in [2.75, 3.05) is 0 Å². The third kappa shape index (κ3) is 2.87. The molecule has 0 aromatic carbocycles. The van der Waals surface area contributed by atoms with E-state index in [1.807, 2.05) is 0 Å². The summed E-state index contributed by atoms with van der Waals surface area (Å²) in [6.07, 6.45) is 12.2. The van der Waals surface area contributed by atoms with E-state index in [0.717, 1.165) is 44.1 Å². The molecule has 0 saturated heterocycles. The summed E-state index contributed by atoms with van der Waals surface area (Å²) in [5.74, 6) is 2.15. The molecule has 0 unspecified atom stereocenters. The number of allylic oxidation sites excluding steroid dienone is 3. The predicted octanol–water partition coefficient (Wildman–Crippen LogP) is 5.10. The van der Waals surface area contributed by atoms with Crippen LogP contribution >= 0.6 is 0 Å². The quantitative estimate of drug-likeness (QED) is 0.293. The Morgan fingerprint density at radius 3 is 2.61 bits per heavy atom. The van der Waals surface area contributed by atoms with E-state index in [9.17, 15) is 9.59 Å². The molecule has 0 heterocycles. The van der Waals surface area contributed by atoms with Crippen LogP contribution in [0.1, 0.15) is 65.7 Å². The van der Waals surface area contributed by atoms with Crippen LogP contribution in [0.2, 0.25) is 0 Å². The van der Waals surface area contributed by atoms with Crippen molar-refractivity contribution >= 4 is 12.4 Å². The first-order valence-electron chi connectivity index (χ1n) is 10.7. The van der Waals surface area contributed by atoms with Crippen molar-refractivity contribution in [3.63, 3.8) is 0 Å². The van der Waals surface area contributed by atoms with Crippen LogP contribution in [0.25, 0.3) is 0 Å². The minimum Gasteiger partial charge on any atom is -0.464 e. The van der Waals surface area contributed by atoms with Crippen LogP contribution in [0.15, 0.2) is 35.6 Å². The second-order valence-corrected chi connectivity index (χ2v) is 9.68. The Kier molecular flexibility index (Phi) is 4.79. The monoisotopic (exact) mass is 384 g/mol. The third-order valence-corrected chi connectivity index (χ3v) is 8.45. The van der Waals surface area contributed by atoms with E-state index in [1.165, 1.54) is 18.9 Å². The van der Waals surface area contributed by atoms with Crippen LogP contribution in [0.4, 0.5) is 0 Å². The Balaban J connectivity index is 1.57. The highest BCUT2D eigenvalue weighted by atomic mass is 16.5. The van der Waals surface area contributed by atoms with E-state index in [1.54, 1.807) is 0 Å². The molecule has 0 aromatic heterocycles. The first-order valence-corrected chi connectivity index (χ1v) is 10.7. The zero-order valence-corrected chi connectivity index (χ0v) is 17.3. The van der Waals surface area contributed by atoms with Crippen LogP contribution in [0.3, 0.4) is 0 Å². The summed E-state index contributed by atoms with van der Waals surface area (Å²) in [6, 6.07) is 0. The smallest absolute Gasteiger partial charge is 0.308 e. The molecule has 4 nitrogen and oxygen atoms in total. The number of carbonyl (C=O) groups is 2. The van der Waals surface area contributed by atoms with E-state index in [-0.39, 0.29) is 22.9 Å². The van der Waals surface area contributed by atoms with Gasteiger partial charge < -0.3 is 9.47 Å². The average molecular weight is 385 g/mol. The number of rotatable bonds is 4. The standard InChI is InChI=1S/C24H32O4/c1-15(28-16(2)26)20-7-8-21-19-6-5-17-13-18(27-14-25)9-11-23(17,3)22(19)10-12-24(20,21)4/h5,7,14,18-19,21-22H,1,6,8-13H2,2-4H3/t18-,19-,21-,22-,23-,24+/m0/s1. The van der Waals surface area contributed by atoms with E-state index in [0.29, 0.717) is 30.0 Å². The largest absolute Gasteiger partial charge is 0.464 e. The number of ether oxygens (including phenoxy) is 2. The molecule has 0 spiro atoms. The van der Waals surface area contributed by atoms with Crippen molar-refractivity contribution in [2.45, 2.75) is 71.8 Å². The van der Waals surface area contributed by atoms with Crippen molar-refractivity contribution in [2.24, 2.45) is 28.6 Å². The number of hydrogen-bond acceptors (Lipinski definition) is 4. The Morgan fingerprint density at radius 2 is 1.89 bits per heavy atom. The zero-order chi connectivity index (χ0) is 20.1. The van der Waals surface area contributed by atoms with Crippen molar-refractivity contribution in [1.82, 2.24) is 0 Å². The average Bonchev–Trinajstić information content (AvgIpc) is 2.99. The minimum atomic E-state index is -0.293. The molecule has 6 atom stereocenters. The molecular weight excluding hydrogens is 352 g/mol. The highest BCUT2D eigenvalue weighted by molar-refractivity contribution is 5.68. The van der Waals surface area contributed by atoms with E-state index in [4.69, 9.17) is 9.47 Å². The molecule has 2 fully saturated rings. The molecule has 4 aliphatic carbocycles. The Morgan fingerprint density at radius 1 is 1.14 bits per heavy atom. The molecule has 28 heavy (non-hydrogen) atoms. The molecule has 0 radical (unpaired) electrons. The van der Waals surface area contributed by atoms with Gasteiger partial charge in [0.25, 0.3) is 6.47 Å². The Bertz CT molecular complexity index is 763. The van der Waals surface area contributed by atoms with E-state index >= 15 is 0 Å². The predicted molar refractivity (Wildman–Crippen MR) is 107 cm³/mol. The molecule has 4 rings (SSSR count). The summed E-state index contributed by atoms with van der Waals surface area (Å²) >= 11 is 0. The van der Waals surface area contributed by atoms with E-state index < -0.39 is 0 Å².